The van der Waals surface area contributed by atoms with Crippen LogP contribution in [0.1, 0.15) is 17.0 Å². The number of rotatable bonds is 8. The van der Waals surface area contributed by atoms with Crippen molar-refractivity contribution in [1.82, 2.24) is 15.4 Å². The lowest BCUT2D eigenvalue weighted by Gasteiger charge is -2.09. The van der Waals surface area contributed by atoms with Crippen LogP contribution >= 0.6 is 11.8 Å². The predicted molar refractivity (Wildman–Crippen MR) is 105 cm³/mol. The fourth-order valence-corrected chi connectivity index (χ4v) is 2.84. The van der Waals surface area contributed by atoms with Gasteiger partial charge in [-0.05, 0) is 43.7 Å². The third-order valence-electron chi connectivity index (χ3n) is 3.20. The molecule has 2 rings (SSSR count). The lowest BCUT2D eigenvalue weighted by molar-refractivity contribution is -0.118. The van der Waals surface area contributed by atoms with E-state index in [0.29, 0.717) is 16.7 Å². The summed E-state index contributed by atoms with van der Waals surface area (Å²) in [4.78, 5) is 20.5. The fraction of sp³-hybridized carbons (Fsp3) is 0.263. The Labute approximate surface area is 162 Å². The summed E-state index contributed by atoms with van der Waals surface area (Å²) in [5.74, 6) is 3.39. The average Bonchev–Trinajstić information content (AvgIpc) is 2.64. The summed E-state index contributed by atoms with van der Waals surface area (Å²) in [6.45, 7) is 3.93. The second-order valence-electron chi connectivity index (χ2n) is 5.42. The maximum absolute atomic E-state index is 11.9. The van der Waals surface area contributed by atoms with E-state index in [-0.39, 0.29) is 18.3 Å². The largest absolute Gasteiger partial charge is 0.493 e. The Kier molecular flexibility index (Phi) is 7.64. The van der Waals surface area contributed by atoms with Crippen molar-refractivity contribution in [2.75, 3.05) is 19.5 Å². The number of thioether (sulfide) groups is 1. The van der Waals surface area contributed by atoms with Crippen LogP contribution in [0.15, 0.2) is 34.5 Å². The molecule has 0 unspecified atom stereocenters. The van der Waals surface area contributed by atoms with E-state index < -0.39 is 0 Å². The van der Waals surface area contributed by atoms with Crippen molar-refractivity contribution >= 4 is 23.9 Å². The minimum atomic E-state index is -0.250. The number of carbonyl (C=O) groups excluding carboxylic acids is 1. The highest BCUT2D eigenvalue weighted by atomic mass is 32.2. The SMILES string of the molecule is C#CCOc1ccc(/C=N\NC(=O)CSc2nc(C)cc(C)n2)cc1OC. The van der Waals surface area contributed by atoms with E-state index >= 15 is 0 Å². The third kappa shape index (κ3) is 6.64. The standard InChI is InChI=1S/C19H20N4O3S/c1-5-8-26-16-7-6-15(10-17(16)25-4)11-20-23-18(24)12-27-19-21-13(2)9-14(3)22-19/h1,6-7,9-11H,8,12H2,2-4H3,(H,23,24)/b20-11-. The molecule has 1 N–H and O–H groups in total. The minimum absolute atomic E-state index is 0.154. The van der Waals surface area contributed by atoms with E-state index in [2.05, 4.69) is 26.4 Å². The van der Waals surface area contributed by atoms with Crippen LogP contribution in [0.4, 0.5) is 0 Å². The van der Waals surface area contributed by atoms with Crippen LogP contribution in [0.3, 0.4) is 0 Å². The number of methoxy groups -OCH3 is 1. The number of carbonyl (C=O) groups is 1. The Morgan fingerprint density at radius 2 is 2.04 bits per heavy atom. The molecule has 0 spiro atoms. The number of hydrogen-bond acceptors (Lipinski definition) is 7. The molecule has 1 amide bonds. The Morgan fingerprint density at radius 3 is 2.70 bits per heavy atom. The number of hydrogen-bond donors (Lipinski definition) is 1. The summed E-state index contributed by atoms with van der Waals surface area (Å²) in [6.07, 6.45) is 6.70. The summed E-state index contributed by atoms with van der Waals surface area (Å²) in [6, 6.07) is 7.12. The molecule has 0 saturated carbocycles. The second kappa shape index (κ2) is 10.2. The first-order valence-electron chi connectivity index (χ1n) is 8.03. The molecule has 8 heteroatoms. The van der Waals surface area contributed by atoms with Gasteiger partial charge < -0.3 is 9.47 Å². The van der Waals surface area contributed by atoms with Gasteiger partial charge in [0.05, 0.1) is 19.1 Å². The maximum atomic E-state index is 11.9. The lowest BCUT2D eigenvalue weighted by Crippen LogP contribution is -2.19. The van der Waals surface area contributed by atoms with E-state index in [1.807, 2.05) is 19.9 Å². The minimum Gasteiger partial charge on any atom is -0.493 e. The van der Waals surface area contributed by atoms with Gasteiger partial charge in [0.15, 0.2) is 16.7 Å². The second-order valence-corrected chi connectivity index (χ2v) is 6.36. The Morgan fingerprint density at radius 1 is 1.30 bits per heavy atom. The fourth-order valence-electron chi connectivity index (χ4n) is 2.10. The van der Waals surface area contributed by atoms with Crippen molar-refractivity contribution in [3.05, 3.63) is 41.2 Å². The van der Waals surface area contributed by atoms with Crippen LogP contribution in [-0.2, 0) is 4.79 Å². The van der Waals surface area contributed by atoms with Gasteiger partial charge in [-0.25, -0.2) is 15.4 Å². The molecule has 0 saturated heterocycles. The molecule has 0 aliphatic heterocycles. The molecular weight excluding hydrogens is 364 g/mol. The molecule has 1 aromatic carbocycles. The highest BCUT2D eigenvalue weighted by Crippen LogP contribution is 2.27. The zero-order chi connectivity index (χ0) is 19.6. The highest BCUT2D eigenvalue weighted by Gasteiger charge is 2.06. The summed E-state index contributed by atoms with van der Waals surface area (Å²) < 4.78 is 10.6. The van der Waals surface area contributed by atoms with Gasteiger partial charge in [-0.1, -0.05) is 17.7 Å². The monoisotopic (exact) mass is 384 g/mol. The van der Waals surface area contributed by atoms with Crippen LogP contribution in [0.2, 0.25) is 0 Å². The van der Waals surface area contributed by atoms with Crippen molar-refractivity contribution < 1.29 is 14.3 Å². The van der Waals surface area contributed by atoms with Gasteiger partial charge in [0.2, 0.25) is 0 Å². The molecule has 0 bridgehead atoms. The number of hydrazone groups is 1. The molecular formula is C19H20N4O3S. The molecule has 7 nitrogen and oxygen atoms in total. The highest BCUT2D eigenvalue weighted by molar-refractivity contribution is 7.99. The van der Waals surface area contributed by atoms with E-state index in [1.165, 1.54) is 25.1 Å². The first kappa shape index (κ1) is 20.3. The van der Waals surface area contributed by atoms with Crippen molar-refractivity contribution in [1.29, 1.82) is 0 Å². The van der Waals surface area contributed by atoms with Crippen molar-refractivity contribution in [2.24, 2.45) is 5.10 Å². The number of benzene rings is 1. The number of nitrogens with one attached hydrogen (secondary N) is 1. The van der Waals surface area contributed by atoms with Gasteiger partial charge in [-0.15, -0.1) is 6.42 Å². The number of aryl methyl sites for hydroxylation is 2. The smallest absolute Gasteiger partial charge is 0.250 e. The van der Waals surface area contributed by atoms with E-state index in [9.17, 15) is 4.79 Å². The van der Waals surface area contributed by atoms with E-state index in [0.717, 1.165) is 17.0 Å². The first-order chi connectivity index (χ1) is 13.0. The average molecular weight is 384 g/mol. The maximum Gasteiger partial charge on any atom is 0.250 e. The number of terminal acetylenes is 1. The topological polar surface area (TPSA) is 85.7 Å². The number of nitrogens with zero attached hydrogens (tertiary/aromatic N) is 3. The molecule has 27 heavy (non-hydrogen) atoms. The molecule has 1 aromatic heterocycles. The van der Waals surface area contributed by atoms with Crippen LogP contribution in [0.25, 0.3) is 0 Å². The Bertz CT molecular complexity index is 857. The zero-order valence-electron chi connectivity index (χ0n) is 15.4. The van der Waals surface area contributed by atoms with Gasteiger partial charge >= 0.3 is 0 Å². The number of aromatic nitrogens is 2. The quantitative estimate of drug-likeness (QED) is 0.247. The van der Waals surface area contributed by atoms with Gasteiger partial charge in [-0.2, -0.15) is 5.10 Å². The Balaban J connectivity index is 1.88. The van der Waals surface area contributed by atoms with E-state index in [1.54, 1.807) is 18.2 Å². The molecule has 1 heterocycles. The normalized spacial score (nSPS) is 10.4. The summed E-state index contributed by atoms with van der Waals surface area (Å²) in [5, 5.41) is 4.52. The van der Waals surface area contributed by atoms with Crippen LogP contribution in [0, 0.1) is 26.2 Å². The summed E-state index contributed by atoms with van der Waals surface area (Å²) in [5.41, 5.74) is 4.95. The van der Waals surface area contributed by atoms with Gasteiger partial charge in [-0.3, -0.25) is 4.79 Å². The Hall–Kier alpha value is -3.05. The zero-order valence-corrected chi connectivity index (χ0v) is 16.2. The molecule has 2 aromatic rings. The predicted octanol–water partition coefficient (Wildman–Crippen LogP) is 2.36. The molecule has 0 aliphatic carbocycles. The van der Waals surface area contributed by atoms with Crippen molar-refractivity contribution in [2.45, 2.75) is 19.0 Å². The van der Waals surface area contributed by atoms with E-state index in [4.69, 9.17) is 15.9 Å². The molecule has 0 radical (unpaired) electrons. The molecule has 140 valence electrons. The van der Waals surface area contributed by atoms with Gasteiger partial charge in [0, 0.05) is 11.4 Å². The van der Waals surface area contributed by atoms with Crippen molar-refractivity contribution in [3.8, 4) is 23.8 Å². The van der Waals surface area contributed by atoms with Gasteiger partial charge in [0.1, 0.15) is 6.61 Å². The van der Waals surface area contributed by atoms with Crippen LogP contribution in [-0.4, -0.2) is 41.6 Å². The lowest BCUT2D eigenvalue weighted by atomic mass is 10.2. The first-order valence-corrected chi connectivity index (χ1v) is 9.01. The number of ether oxygens (including phenoxy) is 2. The number of amides is 1. The molecule has 0 atom stereocenters. The van der Waals surface area contributed by atoms with Crippen LogP contribution < -0.4 is 14.9 Å². The molecule has 0 fully saturated rings. The third-order valence-corrected chi connectivity index (χ3v) is 4.04. The van der Waals surface area contributed by atoms with Crippen LogP contribution in [0.5, 0.6) is 11.5 Å². The summed E-state index contributed by atoms with van der Waals surface area (Å²) >= 11 is 1.26. The van der Waals surface area contributed by atoms with Crippen molar-refractivity contribution in [3.63, 3.8) is 0 Å². The molecule has 0 aliphatic rings. The summed E-state index contributed by atoms with van der Waals surface area (Å²) in [7, 11) is 1.53. The van der Waals surface area contributed by atoms with Gasteiger partial charge in [0.25, 0.3) is 5.91 Å².